The van der Waals surface area contributed by atoms with Crippen LogP contribution in [-0.4, -0.2) is 61.1 Å². The third-order valence-electron chi connectivity index (χ3n) is 6.15. The summed E-state index contributed by atoms with van der Waals surface area (Å²) in [5.41, 5.74) is -0.953. The first-order chi connectivity index (χ1) is 17.7. The number of aryl methyl sites for hydroxylation is 1. The zero-order valence-electron chi connectivity index (χ0n) is 19.7. The van der Waals surface area contributed by atoms with Crippen LogP contribution >= 0.6 is 0 Å². The lowest BCUT2D eigenvalue weighted by Gasteiger charge is -2.18. The van der Waals surface area contributed by atoms with Gasteiger partial charge in [0.1, 0.15) is 35.4 Å². The minimum atomic E-state index is -4.72. The smallest absolute Gasteiger partial charge is 0.437 e. The van der Waals surface area contributed by atoms with Crippen LogP contribution in [0.15, 0.2) is 36.8 Å². The van der Waals surface area contributed by atoms with Gasteiger partial charge in [0.25, 0.3) is 0 Å². The molecule has 0 bridgehead atoms. The number of pyridine rings is 1. The van der Waals surface area contributed by atoms with Crippen molar-refractivity contribution in [3.63, 3.8) is 0 Å². The number of H-pyrrole nitrogens is 1. The molecule has 5 rings (SSSR count). The number of likely N-dealkylation sites (tertiary alicyclic amines) is 1. The van der Waals surface area contributed by atoms with Crippen LogP contribution in [0.25, 0.3) is 33.9 Å². The van der Waals surface area contributed by atoms with Gasteiger partial charge in [-0.3, -0.25) is 9.88 Å². The van der Waals surface area contributed by atoms with E-state index in [1.54, 1.807) is 7.05 Å². The van der Waals surface area contributed by atoms with E-state index < -0.39 is 29.2 Å². The molecule has 1 aliphatic rings. The highest BCUT2D eigenvalue weighted by Crippen LogP contribution is 2.40. The fourth-order valence-corrected chi connectivity index (χ4v) is 4.43. The molecule has 0 radical (unpaired) electrons. The van der Waals surface area contributed by atoms with Crippen molar-refractivity contribution in [1.29, 1.82) is 0 Å². The number of aromatic amines is 1. The van der Waals surface area contributed by atoms with Crippen LogP contribution in [0.1, 0.15) is 18.5 Å². The molecule has 0 saturated carbocycles. The number of benzene rings is 1. The number of nitrogens with one attached hydrogen (secondary N) is 1. The van der Waals surface area contributed by atoms with Crippen molar-refractivity contribution in [3.05, 3.63) is 54.1 Å². The highest BCUT2D eigenvalue weighted by atomic mass is 19.4. The Morgan fingerprint density at radius 2 is 1.81 bits per heavy atom. The predicted octanol–water partition coefficient (Wildman–Crippen LogP) is 4.71. The maximum atomic E-state index is 15.2. The van der Waals surface area contributed by atoms with E-state index in [0.717, 1.165) is 38.1 Å². The van der Waals surface area contributed by atoms with Crippen LogP contribution in [0.2, 0.25) is 0 Å². The predicted molar refractivity (Wildman–Crippen MR) is 123 cm³/mol. The molecular formula is C24H22F5N7O. The molecule has 0 atom stereocenters. The number of rotatable bonds is 7. The molecule has 0 amide bonds. The Labute approximate surface area is 208 Å². The van der Waals surface area contributed by atoms with Gasteiger partial charge in [-0.2, -0.15) is 28.6 Å². The summed E-state index contributed by atoms with van der Waals surface area (Å²) < 4.78 is 76.8. The Bertz CT molecular complexity index is 1410. The second kappa shape index (κ2) is 9.88. The molecule has 8 nitrogen and oxygen atoms in total. The molecule has 1 aliphatic heterocycles. The van der Waals surface area contributed by atoms with Crippen LogP contribution in [0.5, 0.6) is 5.75 Å². The standard InChI is InChI=1S/C24H22F5N7O/c1-35-13-31-21(17-10-14(4-5-30-17)20-23(24(27,28)29)33-34-32-20)22(35)19-16(26)11-15(25)12-18(19)37-9-8-36-6-2-3-7-36/h4-5,10-13H,2-3,6-9H2,1H3,(H,32,33,34). The Morgan fingerprint density at radius 1 is 1.03 bits per heavy atom. The zero-order chi connectivity index (χ0) is 26.2. The maximum absolute atomic E-state index is 15.2. The minimum absolute atomic E-state index is 0.00596. The van der Waals surface area contributed by atoms with E-state index in [1.165, 1.54) is 29.2 Å². The fourth-order valence-electron chi connectivity index (χ4n) is 4.43. The second-order valence-electron chi connectivity index (χ2n) is 8.66. The summed E-state index contributed by atoms with van der Waals surface area (Å²) in [4.78, 5) is 10.8. The third-order valence-corrected chi connectivity index (χ3v) is 6.15. The van der Waals surface area contributed by atoms with E-state index in [1.807, 2.05) is 5.21 Å². The van der Waals surface area contributed by atoms with Gasteiger partial charge in [-0.15, -0.1) is 0 Å². The summed E-state index contributed by atoms with van der Waals surface area (Å²) in [6.45, 7) is 2.73. The van der Waals surface area contributed by atoms with Gasteiger partial charge < -0.3 is 9.30 Å². The van der Waals surface area contributed by atoms with Gasteiger partial charge in [-0.25, -0.2) is 13.8 Å². The number of halogens is 5. The average Bonchev–Trinajstić information content (AvgIpc) is 3.60. The summed E-state index contributed by atoms with van der Waals surface area (Å²) in [6.07, 6.45) is 0.187. The van der Waals surface area contributed by atoms with E-state index in [4.69, 9.17) is 4.74 Å². The maximum Gasteiger partial charge on any atom is 0.437 e. The van der Waals surface area contributed by atoms with E-state index >= 15 is 4.39 Å². The summed E-state index contributed by atoms with van der Waals surface area (Å²) >= 11 is 0. The largest absolute Gasteiger partial charge is 0.491 e. The van der Waals surface area contributed by atoms with Crippen molar-refractivity contribution in [3.8, 4) is 39.7 Å². The van der Waals surface area contributed by atoms with Crippen molar-refractivity contribution >= 4 is 0 Å². The van der Waals surface area contributed by atoms with Crippen molar-refractivity contribution in [2.24, 2.45) is 7.05 Å². The first-order valence-corrected chi connectivity index (χ1v) is 11.5. The highest BCUT2D eigenvalue weighted by Gasteiger charge is 2.38. The normalized spacial score (nSPS) is 14.4. The second-order valence-corrected chi connectivity index (χ2v) is 8.66. The summed E-state index contributed by atoms with van der Waals surface area (Å²) in [5, 5.41) is 8.86. The molecular weight excluding hydrogens is 497 g/mol. The molecule has 1 saturated heterocycles. The molecule has 0 unspecified atom stereocenters. The van der Waals surface area contributed by atoms with Gasteiger partial charge in [0.15, 0.2) is 5.69 Å². The van der Waals surface area contributed by atoms with E-state index in [2.05, 4.69) is 25.1 Å². The van der Waals surface area contributed by atoms with Crippen molar-refractivity contribution in [1.82, 2.24) is 34.8 Å². The Morgan fingerprint density at radius 3 is 2.57 bits per heavy atom. The number of ether oxygens (including phenoxy) is 1. The van der Waals surface area contributed by atoms with E-state index in [9.17, 15) is 17.6 Å². The van der Waals surface area contributed by atoms with Crippen molar-refractivity contribution < 1.29 is 26.7 Å². The van der Waals surface area contributed by atoms with Gasteiger partial charge in [0.05, 0.1) is 23.3 Å². The first kappa shape index (κ1) is 24.8. The SMILES string of the molecule is Cn1cnc(-c2cc(-c3n[nH]nc3C(F)(F)F)ccn2)c1-c1c(F)cc(F)cc1OCCN1CCCC1. The summed E-state index contributed by atoms with van der Waals surface area (Å²) in [7, 11) is 1.62. The number of alkyl halides is 3. The van der Waals surface area contributed by atoms with Crippen LogP contribution in [0.3, 0.4) is 0 Å². The van der Waals surface area contributed by atoms with Gasteiger partial charge in [-0.05, 0) is 38.1 Å². The van der Waals surface area contributed by atoms with E-state index in [0.29, 0.717) is 6.54 Å². The quantitative estimate of drug-likeness (QED) is 0.356. The number of aromatic nitrogens is 6. The Balaban J connectivity index is 1.54. The van der Waals surface area contributed by atoms with Crippen LogP contribution in [0.4, 0.5) is 22.0 Å². The zero-order valence-corrected chi connectivity index (χ0v) is 19.7. The monoisotopic (exact) mass is 519 g/mol. The topological polar surface area (TPSA) is 84.8 Å². The number of nitrogens with zero attached hydrogens (tertiary/aromatic N) is 6. The summed E-state index contributed by atoms with van der Waals surface area (Å²) in [5.74, 6) is -1.67. The number of hydrogen-bond acceptors (Lipinski definition) is 6. The Kier molecular flexibility index (Phi) is 6.63. The van der Waals surface area contributed by atoms with Crippen molar-refractivity contribution in [2.75, 3.05) is 26.2 Å². The molecule has 0 aliphatic carbocycles. The number of hydrogen-bond donors (Lipinski definition) is 1. The lowest BCUT2D eigenvalue weighted by Crippen LogP contribution is -2.25. The van der Waals surface area contributed by atoms with Crippen LogP contribution in [-0.2, 0) is 13.2 Å². The molecule has 1 aromatic carbocycles. The lowest BCUT2D eigenvalue weighted by molar-refractivity contribution is -0.140. The highest BCUT2D eigenvalue weighted by molar-refractivity contribution is 5.82. The average molecular weight is 519 g/mol. The number of imidazole rings is 1. The molecule has 3 aromatic heterocycles. The molecule has 4 heterocycles. The molecule has 1 fully saturated rings. The third kappa shape index (κ3) is 5.03. The molecule has 1 N–H and O–H groups in total. The molecule has 0 spiro atoms. The first-order valence-electron chi connectivity index (χ1n) is 11.5. The molecule has 13 heteroatoms. The van der Waals surface area contributed by atoms with E-state index in [-0.39, 0.29) is 40.6 Å². The molecule has 194 valence electrons. The van der Waals surface area contributed by atoms with Gasteiger partial charge in [-0.1, -0.05) is 0 Å². The van der Waals surface area contributed by atoms with Gasteiger partial charge in [0.2, 0.25) is 0 Å². The van der Waals surface area contributed by atoms with Gasteiger partial charge >= 0.3 is 6.18 Å². The minimum Gasteiger partial charge on any atom is -0.491 e. The van der Waals surface area contributed by atoms with Crippen LogP contribution < -0.4 is 4.74 Å². The lowest BCUT2D eigenvalue weighted by atomic mass is 10.0. The van der Waals surface area contributed by atoms with Crippen LogP contribution in [0, 0.1) is 11.6 Å². The molecule has 4 aromatic rings. The van der Waals surface area contributed by atoms with Gasteiger partial charge in [0, 0.05) is 37.5 Å². The molecule has 37 heavy (non-hydrogen) atoms. The Hall–Kier alpha value is -3.87. The van der Waals surface area contributed by atoms with Crippen molar-refractivity contribution in [2.45, 2.75) is 19.0 Å². The fraction of sp³-hybridized carbons (Fsp3) is 0.333. The summed E-state index contributed by atoms with van der Waals surface area (Å²) in [6, 6.07) is 4.56.